The Hall–Kier alpha value is -2.03. The van der Waals surface area contributed by atoms with Gasteiger partial charge >= 0.3 is 0 Å². The Bertz CT molecular complexity index is 674. The van der Waals surface area contributed by atoms with Gasteiger partial charge in [0.25, 0.3) is 0 Å². The molecular weight excluding hydrogens is 320 g/mol. The van der Waals surface area contributed by atoms with Crippen molar-refractivity contribution in [2.24, 2.45) is 0 Å². The molecule has 0 aliphatic heterocycles. The lowest BCUT2D eigenvalue weighted by atomic mass is 10.1. The van der Waals surface area contributed by atoms with Crippen LogP contribution in [0.25, 0.3) is 0 Å². The summed E-state index contributed by atoms with van der Waals surface area (Å²) in [5, 5.41) is 0. The van der Waals surface area contributed by atoms with Gasteiger partial charge in [0.2, 0.25) is 5.91 Å². The van der Waals surface area contributed by atoms with E-state index in [1.165, 1.54) is 29.7 Å². The number of unbranched alkanes of at least 4 members (excludes halogenated alkanes) is 3. The molecule has 0 radical (unpaired) electrons. The molecule has 0 saturated carbocycles. The van der Waals surface area contributed by atoms with Crippen LogP contribution in [0.4, 0.5) is 0 Å². The zero-order chi connectivity index (χ0) is 18.8. The minimum atomic E-state index is 0.297. The fourth-order valence-electron chi connectivity index (χ4n) is 3.28. The summed E-state index contributed by atoms with van der Waals surface area (Å²) in [4.78, 5) is 14.7. The average molecular weight is 355 g/mol. The number of aromatic nitrogens is 1. The molecule has 1 heterocycles. The molecular formula is C23H34N2O. The van der Waals surface area contributed by atoms with Crippen LogP contribution >= 0.6 is 0 Å². The van der Waals surface area contributed by atoms with Crippen LogP contribution in [0, 0.1) is 6.92 Å². The van der Waals surface area contributed by atoms with Crippen LogP contribution in [0.15, 0.2) is 42.6 Å². The number of hydrogen-bond donors (Lipinski definition) is 0. The third-order valence-electron chi connectivity index (χ3n) is 4.84. The molecule has 26 heavy (non-hydrogen) atoms. The highest BCUT2D eigenvalue weighted by Crippen LogP contribution is 2.14. The first-order chi connectivity index (χ1) is 12.6. The van der Waals surface area contributed by atoms with Gasteiger partial charge in [0.15, 0.2) is 0 Å². The number of amides is 1. The van der Waals surface area contributed by atoms with E-state index < -0.39 is 0 Å². The molecule has 0 saturated heterocycles. The molecule has 0 spiro atoms. The molecule has 1 aromatic heterocycles. The predicted molar refractivity (Wildman–Crippen MR) is 109 cm³/mol. The summed E-state index contributed by atoms with van der Waals surface area (Å²) >= 11 is 0. The van der Waals surface area contributed by atoms with Crippen molar-refractivity contribution in [1.29, 1.82) is 0 Å². The van der Waals surface area contributed by atoms with Crippen molar-refractivity contribution in [2.45, 2.75) is 72.4 Å². The second-order valence-corrected chi connectivity index (χ2v) is 7.24. The van der Waals surface area contributed by atoms with E-state index in [0.29, 0.717) is 18.9 Å². The van der Waals surface area contributed by atoms with Gasteiger partial charge in [-0.25, -0.2) is 0 Å². The zero-order valence-electron chi connectivity index (χ0n) is 16.7. The van der Waals surface area contributed by atoms with E-state index in [9.17, 15) is 4.79 Å². The van der Waals surface area contributed by atoms with Gasteiger partial charge in [0.05, 0.1) is 6.54 Å². The lowest BCUT2D eigenvalue weighted by Gasteiger charge is -2.24. The van der Waals surface area contributed by atoms with Crippen LogP contribution in [0.3, 0.4) is 0 Å². The average Bonchev–Trinajstić information content (AvgIpc) is 3.05. The Kier molecular flexibility index (Phi) is 8.46. The molecule has 0 N–H and O–H groups in total. The monoisotopic (exact) mass is 354 g/mol. The lowest BCUT2D eigenvalue weighted by molar-refractivity contribution is -0.132. The van der Waals surface area contributed by atoms with Gasteiger partial charge in [0.1, 0.15) is 0 Å². The van der Waals surface area contributed by atoms with Crippen molar-refractivity contribution < 1.29 is 4.79 Å². The van der Waals surface area contributed by atoms with Gasteiger partial charge in [-0.3, -0.25) is 4.79 Å². The fourth-order valence-corrected chi connectivity index (χ4v) is 3.28. The molecule has 0 bridgehead atoms. The number of benzene rings is 1. The van der Waals surface area contributed by atoms with E-state index in [1.54, 1.807) is 0 Å². The molecule has 3 heteroatoms. The van der Waals surface area contributed by atoms with Crippen LogP contribution in [0.5, 0.6) is 0 Å². The largest absolute Gasteiger partial charge is 0.345 e. The molecule has 2 aromatic rings. The molecule has 0 aliphatic rings. The molecule has 0 atom stereocenters. The maximum Gasteiger partial charge on any atom is 0.222 e. The molecule has 0 aliphatic carbocycles. The first kappa shape index (κ1) is 20.3. The van der Waals surface area contributed by atoms with E-state index in [4.69, 9.17) is 0 Å². The van der Waals surface area contributed by atoms with Gasteiger partial charge in [0, 0.05) is 31.4 Å². The summed E-state index contributed by atoms with van der Waals surface area (Å²) < 4.78 is 2.27. The SMILES string of the molecule is CCCCCN(Cc1cccn1Cc1cccc(C)c1)C(=O)CCCC. The standard InChI is InChI=1S/C23H34N2O/c1-4-6-8-15-25(23(26)14-7-5-2)19-22-13-10-16-24(22)18-21-12-9-11-20(3)17-21/h9-13,16-17H,4-8,14-15,18-19H2,1-3H3. The van der Waals surface area contributed by atoms with E-state index in [2.05, 4.69) is 72.8 Å². The van der Waals surface area contributed by atoms with Gasteiger partial charge in [-0.05, 0) is 37.5 Å². The van der Waals surface area contributed by atoms with Crippen LogP contribution in [-0.2, 0) is 17.9 Å². The van der Waals surface area contributed by atoms with Crippen LogP contribution in [-0.4, -0.2) is 21.9 Å². The molecule has 142 valence electrons. The van der Waals surface area contributed by atoms with E-state index >= 15 is 0 Å². The van der Waals surface area contributed by atoms with E-state index in [-0.39, 0.29) is 0 Å². The Morgan fingerprint density at radius 3 is 2.58 bits per heavy atom. The van der Waals surface area contributed by atoms with Crippen LogP contribution in [0.2, 0.25) is 0 Å². The maximum absolute atomic E-state index is 12.7. The van der Waals surface area contributed by atoms with Gasteiger partial charge in [-0.1, -0.05) is 62.9 Å². The maximum atomic E-state index is 12.7. The highest BCUT2D eigenvalue weighted by Gasteiger charge is 2.15. The summed E-state index contributed by atoms with van der Waals surface area (Å²) in [6.07, 6.45) is 8.29. The highest BCUT2D eigenvalue weighted by atomic mass is 16.2. The number of hydrogen-bond acceptors (Lipinski definition) is 1. The van der Waals surface area contributed by atoms with Crippen molar-refractivity contribution in [3.63, 3.8) is 0 Å². The molecule has 1 amide bonds. The zero-order valence-corrected chi connectivity index (χ0v) is 16.7. The first-order valence-electron chi connectivity index (χ1n) is 10.1. The minimum Gasteiger partial charge on any atom is -0.345 e. The number of nitrogens with zero attached hydrogens (tertiary/aromatic N) is 2. The minimum absolute atomic E-state index is 0.297. The Balaban J connectivity index is 2.07. The number of aryl methyl sites for hydroxylation is 1. The topological polar surface area (TPSA) is 25.2 Å². The number of rotatable bonds is 11. The molecule has 3 nitrogen and oxygen atoms in total. The number of carbonyl (C=O) groups is 1. The smallest absolute Gasteiger partial charge is 0.222 e. The van der Waals surface area contributed by atoms with E-state index in [1.807, 2.05) is 0 Å². The summed E-state index contributed by atoms with van der Waals surface area (Å²) in [5.74, 6) is 0.297. The summed E-state index contributed by atoms with van der Waals surface area (Å²) in [6.45, 7) is 8.91. The van der Waals surface area contributed by atoms with Crippen molar-refractivity contribution >= 4 is 5.91 Å². The summed E-state index contributed by atoms with van der Waals surface area (Å²) in [5.41, 5.74) is 3.80. The molecule has 0 unspecified atom stereocenters. The molecule has 2 rings (SSSR count). The van der Waals surface area contributed by atoms with Crippen LogP contribution in [0.1, 0.15) is 69.2 Å². The number of carbonyl (C=O) groups excluding carboxylic acids is 1. The first-order valence-corrected chi connectivity index (χ1v) is 10.1. The van der Waals surface area contributed by atoms with Gasteiger partial charge < -0.3 is 9.47 Å². The predicted octanol–water partition coefficient (Wildman–Crippen LogP) is 5.55. The van der Waals surface area contributed by atoms with Gasteiger partial charge in [-0.2, -0.15) is 0 Å². The normalized spacial score (nSPS) is 10.9. The van der Waals surface area contributed by atoms with Crippen molar-refractivity contribution in [2.75, 3.05) is 6.54 Å². The quantitative estimate of drug-likeness (QED) is 0.485. The van der Waals surface area contributed by atoms with Crippen molar-refractivity contribution in [1.82, 2.24) is 9.47 Å². The highest BCUT2D eigenvalue weighted by molar-refractivity contribution is 5.76. The van der Waals surface area contributed by atoms with Gasteiger partial charge in [-0.15, -0.1) is 0 Å². The Morgan fingerprint density at radius 2 is 1.85 bits per heavy atom. The third kappa shape index (κ3) is 6.36. The lowest BCUT2D eigenvalue weighted by Crippen LogP contribution is -2.32. The fraction of sp³-hybridized carbons (Fsp3) is 0.522. The Morgan fingerprint density at radius 1 is 1.04 bits per heavy atom. The van der Waals surface area contributed by atoms with Crippen molar-refractivity contribution in [3.8, 4) is 0 Å². The molecule has 1 aromatic carbocycles. The second-order valence-electron chi connectivity index (χ2n) is 7.24. The molecule has 0 fully saturated rings. The van der Waals surface area contributed by atoms with Crippen molar-refractivity contribution in [3.05, 3.63) is 59.4 Å². The van der Waals surface area contributed by atoms with E-state index in [0.717, 1.165) is 32.4 Å². The van der Waals surface area contributed by atoms with Crippen LogP contribution < -0.4 is 0 Å². The third-order valence-corrected chi connectivity index (χ3v) is 4.84. The summed E-state index contributed by atoms with van der Waals surface area (Å²) in [6, 6.07) is 12.9. The summed E-state index contributed by atoms with van der Waals surface area (Å²) in [7, 11) is 0. The Labute approximate surface area is 159 Å². The second kappa shape index (κ2) is 10.8.